The number of methoxy groups -OCH3 is 1. The van der Waals surface area contributed by atoms with E-state index < -0.39 is 5.97 Å². The molecule has 1 atom stereocenters. The summed E-state index contributed by atoms with van der Waals surface area (Å²) in [6.07, 6.45) is 4.44. The highest BCUT2D eigenvalue weighted by atomic mass is 16.5. The van der Waals surface area contributed by atoms with Crippen LogP contribution in [0.1, 0.15) is 39.9 Å². The predicted octanol–water partition coefficient (Wildman–Crippen LogP) is 3.18. The van der Waals surface area contributed by atoms with E-state index in [4.69, 9.17) is 4.74 Å². The minimum atomic E-state index is -0.408. The number of carbonyl (C=O) groups excluding carboxylic acids is 2. The number of nitrogens with one attached hydrogen (secondary N) is 2. The van der Waals surface area contributed by atoms with Gasteiger partial charge in [0.25, 0.3) is 5.91 Å². The zero-order valence-electron chi connectivity index (χ0n) is 16.2. The average molecular weight is 380 g/mol. The highest BCUT2D eigenvalue weighted by Crippen LogP contribution is 2.25. The molecule has 0 aliphatic carbocycles. The van der Waals surface area contributed by atoms with Gasteiger partial charge in [0.05, 0.1) is 7.11 Å². The van der Waals surface area contributed by atoms with Gasteiger partial charge in [-0.25, -0.2) is 4.79 Å². The summed E-state index contributed by atoms with van der Waals surface area (Å²) in [7, 11) is 1.35. The molecule has 3 aromatic rings. The van der Waals surface area contributed by atoms with Crippen molar-refractivity contribution >= 4 is 11.9 Å². The third kappa shape index (κ3) is 4.49. The molecule has 0 aliphatic heterocycles. The molecule has 0 bridgehead atoms. The lowest BCUT2D eigenvalue weighted by Gasteiger charge is -2.14. The van der Waals surface area contributed by atoms with Crippen molar-refractivity contribution in [1.82, 2.24) is 20.1 Å². The van der Waals surface area contributed by atoms with Crippen LogP contribution in [0.25, 0.3) is 11.1 Å². The second-order valence-corrected chi connectivity index (χ2v) is 6.72. The van der Waals surface area contributed by atoms with Crippen molar-refractivity contribution in [3.05, 3.63) is 65.7 Å². The Hall–Kier alpha value is -3.35. The molecule has 0 unspecified atom stereocenters. The van der Waals surface area contributed by atoms with Crippen molar-refractivity contribution in [3.8, 4) is 11.1 Å². The maximum atomic E-state index is 12.5. The molecule has 0 radical (unpaired) electrons. The van der Waals surface area contributed by atoms with Gasteiger partial charge >= 0.3 is 5.97 Å². The number of aromatic nitrogens is 3. The van der Waals surface area contributed by atoms with Crippen LogP contribution in [-0.2, 0) is 11.3 Å². The second kappa shape index (κ2) is 8.56. The van der Waals surface area contributed by atoms with Crippen LogP contribution in [0.2, 0.25) is 0 Å². The van der Waals surface area contributed by atoms with E-state index in [9.17, 15) is 9.59 Å². The summed E-state index contributed by atoms with van der Waals surface area (Å²) >= 11 is 0. The first kappa shape index (κ1) is 19.4. The lowest BCUT2D eigenvalue weighted by Crippen LogP contribution is -2.33. The third-order valence-corrected chi connectivity index (χ3v) is 4.61. The first-order chi connectivity index (χ1) is 13.5. The number of aryl methyl sites for hydroxylation is 2. The molecule has 2 heterocycles. The molecule has 146 valence electrons. The van der Waals surface area contributed by atoms with Crippen LogP contribution in [0.4, 0.5) is 0 Å². The second-order valence-electron chi connectivity index (χ2n) is 6.72. The molecule has 0 saturated heterocycles. The van der Waals surface area contributed by atoms with Gasteiger partial charge < -0.3 is 15.0 Å². The molecule has 7 heteroatoms. The molecule has 0 spiro atoms. The zero-order chi connectivity index (χ0) is 20.1. The normalized spacial score (nSPS) is 11.8. The summed E-state index contributed by atoms with van der Waals surface area (Å²) in [4.78, 5) is 27.2. The highest BCUT2D eigenvalue weighted by Gasteiger charge is 2.14. The summed E-state index contributed by atoms with van der Waals surface area (Å²) in [5.41, 5.74) is 3.69. The maximum Gasteiger partial charge on any atom is 0.354 e. The Kier molecular flexibility index (Phi) is 5.93. The predicted molar refractivity (Wildman–Crippen MR) is 106 cm³/mol. The number of esters is 1. The molecule has 0 fully saturated rings. The average Bonchev–Trinajstić information content (AvgIpc) is 3.35. The van der Waals surface area contributed by atoms with Gasteiger partial charge in [0, 0.05) is 41.8 Å². The van der Waals surface area contributed by atoms with Gasteiger partial charge in [0.15, 0.2) is 0 Å². The number of carbonyl (C=O) groups is 2. The van der Waals surface area contributed by atoms with Crippen LogP contribution < -0.4 is 5.32 Å². The topological polar surface area (TPSA) is 89.0 Å². The van der Waals surface area contributed by atoms with Crippen molar-refractivity contribution in [1.29, 1.82) is 0 Å². The van der Waals surface area contributed by atoms with E-state index in [2.05, 4.69) is 15.4 Å². The van der Waals surface area contributed by atoms with Crippen LogP contribution in [0, 0.1) is 6.92 Å². The van der Waals surface area contributed by atoms with E-state index in [1.807, 2.05) is 42.9 Å². The summed E-state index contributed by atoms with van der Waals surface area (Å²) in [5.74, 6) is -0.519. The molecular weight excluding hydrogens is 356 g/mol. The summed E-state index contributed by atoms with van der Waals surface area (Å²) in [6, 6.07) is 11.0. The van der Waals surface area contributed by atoms with Crippen molar-refractivity contribution in [2.24, 2.45) is 0 Å². The van der Waals surface area contributed by atoms with Gasteiger partial charge in [-0.1, -0.05) is 12.1 Å². The van der Waals surface area contributed by atoms with Crippen LogP contribution in [0.3, 0.4) is 0 Å². The Morgan fingerprint density at radius 3 is 2.68 bits per heavy atom. The number of rotatable bonds is 7. The minimum Gasteiger partial charge on any atom is -0.464 e. The number of nitrogens with zero attached hydrogens (tertiary/aromatic N) is 2. The van der Waals surface area contributed by atoms with E-state index in [0.717, 1.165) is 29.8 Å². The monoisotopic (exact) mass is 380 g/mol. The smallest absolute Gasteiger partial charge is 0.354 e. The van der Waals surface area contributed by atoms with Crippen molar-refractivity contribution in [3.63, 3.8) is 0 Å². The molecule has 28 heavy (non-hydrogen) atoms. The number of hydrogen-bond donors (Lipinski definition) is 2. The number of benzene rings is 1. The van der Waals surface area contributed by atoms with Crippen molar-refractivity contribution in [2.75, 3.05) is 7.11 Å². The largest absolute Gasteiger partial charge is 0.464 e. The quantitative estimate of drug-likeness (QED) is 0.616. The highest BCUT2D eigenvalue weighted by molar-refractivity contribution is 5.95. The lowest BCUT2D eigenvalue weighted by molar-refractivity contribution is 0.0594. The molecule has 0 aliphatic rings. The maximum absolute atomic E-state index is 12.5. The fourth-order valence-electron chi connectivity index (χ4n) is 3.02. The number of hydrogen-bond acceptors (Lipinski definition) is 4. The van der Waals surface area contributed by atoms with Crippen LogP contribution in [0.5, 0.6) is 0 Å². The van der Waals surface area contributed by atoms with E-state index in [0.29, 0.717) is 11.3 Å². The number of ether oxygens (including phenoxy) is 1. The number of amides is 1. The summed E-state index contributed by atoms with van der Waals surface area (Å²) < 4.78 is 6.59. The zero-order valence-corrected chi connectivity index (χ0v) is 16.2. The first-order valence-corrected chi connectivity index (χ1v) is 9.14. The molecule has 3 rings (SSSR count). The minimum absolute atomic E-state index is 0.0332. The van der Waals surface area contributed by atoms with Crippen LogP contribution in [0.15, 0.2) is 48.8 Å². The Morgan fingerprint density at radius 1 is 1.29 bits per heavy atom. The van der Waals surface area contributed by atoms with Gasteiger partial charge in [-0.2, -0.15) is 5.10 Å². The van der Waals surface area contributed by atoms with Gasteiger partial charge in [-0.3, -0.25) is 9.48 Å². The number of H-pyrrole nitrogens is 1. The lowest BCUT2D eigenvalue weighted by atomic mass is 10.0. The van der Waals surface area contributed by atoms with E-state index in [-0.39, 0.29) is 11.9 Å². The Balaban J connectivity index is 1.62. The molecule has 0 saturated carbocycles. The van der Waals surface area contributed by atoms with Crippen LogP contribution >= 0.6 is 0 Å². The summed E-state index contributed by atoms with van der Waals surface area (Å²) in [6.45, 7) is 4.62. The van der Waals surface area contributed by atoms with Crippen molar-refractivity contribution < 1.29 is 14.3 Å². The fourth-order valence-corrected chi connectivity index (χ4v) is 3.02. The molecular formula is C21H24N4O3. The molecule has 1 amide bonds. The SMILES string of the molecule is COC(=O)c1cc(-c2ccc(C(=O)N[C@H](C)CCn3cccn3)cc2)c(C)[nH]1. The van der Waals surface area contributed by atoms with Crippen molar-refractivity contribution in [2.45, 2.75) is 32.9 Å². The van der Waals surface area contributed by atoms with E-state index in [1.54, 1.807) is 24.4 Å². The Morgan fingerprint density at radius 2 is 2.04 bits per heavy atom. The number of aromatic amines is 1. The summed E-state index contributed by atoms with van der Waals surface area (Å²) in [5, 5.41) is 7.17. The van der Waals surface area contributed by atoms with Gasteiger partial charge in [-0.15, -0.1) is 0 Å². The fraction of sp³-hybridized carbons (Fsp3) is 0.286. The molecule has 2 aromatic heterocycles. The standard InChI is InChI=1S/C21H24N4O3/c1-14(9-12-25-11-4-10-22-25)23-20(26)17-7-5-16(6-8-17)18-13-19(21(27)28-3)24-15(18)2/h4-8,10-11,13-14,24H,9,12H2,1-3H3,(H,23,26)/t14-/m1/s1. The molecule has 2 N–H and O–H groups in total. The Labute approximate surface area is 163 Å². The van der Waals surface area contributed by atoms with E-state index >= 15 is 0 Å². The van der Waals surface area contributed by atoms with E-state index in [1.165, 1.54) is 7.11 Å². The van der Waals surface area contributed by atoms with Crippen LogP contribution in [-0.4, -0.2) is 39.8 Å². The first-order valence-electron chi connectivity index (χ1n) is 9.14. The van der Waals surface area contributed by atoms with Gasteiger partial charge in [0.2, 0.25) is 0 Å². The Bertz CT molecular complexity index is 943. The van der Waals surface area contributed by atoms with Gasteiger partial charge in [-0.05, 0) is 50.1 Å². The van der Waals surface area contributed by atoms with Gasteiger partial charge in [0.1, 0.15) is 5.69 Å². The molecule has 1 aromatic carbocycles. The molecule has 7 nitrogen and oxygen atoms in total. The third-order valence-electron chi connectivity index (χ3n) is 4.61.